The zero-order valence-electron chi connectivity index (χ0n) is 11.8. The molecule has 0 saturated heterocycles. The number of H-pyrrole nitrogens is 1. The van der Waals surface area contributed by atoms with Gasteiger partial charge in [0, 0.05) is 23.5 Å². The van der Waals surface area contributed by atoms with Gasteiger partial charge in [0.1, 0.15) is 6.04 Å². The fourth-order valence-corrected chi connectivity index (χ4v) is 1.38. The first-order chi connectivity index (χ1) is 8.84. The monoisotopic (exact) mass is 208 g/mol. The number of benzene rings is 1. The number of aromatic amines is 1. The third kappa shape index (κ3) is 1.85. The van der Waals surface area contributed by atoms with Crippen LogP contribution in [0.4, 0.5) is 0 Å². The van der Waals surface area contributed by atoms with E-state index in [0.29, 0.717) is 10.9 Å². The van der Waals surface area contributed by atoms with Crippen molar-refractivity contribution in [1.82, 2.24) is 4.98 Å². The maximum Gasteiger partial charge on any atom is 0.320 e. The molecule has 0 aliphatic carbocycles. The number of para-hydroxylation sites is 1. The molecule has 1 heterocycles. The Bertz CT molecular complexity index is 668. The number of aromatic nitrogens is 1. The lowest BCUT2D eigenvalue weighted by molar-refractivity contribution is -0.138. The summed E-state index contributed by atoms with van der Waals surface area (Å²) in [5, 5.41) is 9.08. The molecule has 0 spiro atoms. The highest BCUT2D eigenvalue weighted by molar-refractivity contribution is 5.84. The molecule has 0 saturated carbocycles. The lowest BCUT2D eigenvalue weighted by Crippen LogP contribution is -2.32. The number of aliphatic carboxylic acids is 1. The zero-order valence-corrected chi connectivity index (χ0v) is 7.79. The van der Waals surface area contributed by atoms with E-state index in [1.165, 1.54) is 6.20 Å². The molecule has 78 valence electrons. The van der Waals surface area contributed by atoms with Gasteiger partial charge in [-0.2, -0.15) is 0 Å². The Morgan fingerprint density at radius 1 is 1.60 bits per heavy atom. The molecule has 0 aliphatic rings. The quantitative estimate of drug-likeness (QED) is 0.707. The lowest BCUT2D eigenvalue weighted by Gasteiger charge is -2.04. The van der Waals surface area contributed by atoms with E-state index < -0.39 is 12.0 Å². The molecule has 4 N–H and O–H groups in total. The molecule has 15 heavy (non-hydrogen) atoms. The fourth-order valence-electron chi connectivity index (χ4n) is 1.38. The molecule has 1 unspecified atom stereocenters. The van der Waals surface area contributed by atoms with E-state index in [1.54, 1.807) is 0 Å². The number of nitrogens with two attached hydrogens (primary N) is 1. The van der Waals surface area contributed by atoms with Crippen molar-refractivity contribution >= 4 is 16.9 Å². The van der Waals surface area contributed by atoms with Crippen LogP contribution in [0.15, 0.2) is 30.4 Å². The molecule has 0 aliphatic heterocycles. The molecule has 0 bridgehead atoms. The Kier molecular flexibility index (Phi) is 1.48. The molecule has 4 heteroatoms. The zero-order chi connectivity index (χ0) is 14.3. The van der Waals surface area contributed by atoms with Crippen molar-refractivity contribution in [2.24, 2.45) is 5.73 Å². The minimum absolute atomic E-state index is 0.00254. The number of carboxylic acids is 1. The van der Waals surface area contributed by atoms with Crippen LogP contribution >= 0.6 is 0 Å². The van der Waals surface area contributed by atoms with Gasteiger partial charge in [-0.3, -0.25) is 4.79 Å². The fraction of sp³-hybridized carbons (Fsp3) is 0.182. The summed E-state index contributed by atoms with van der Waals surface area (Å²) in [4.78, 5) is 13.5. The topological polar surface area (TPSA) is 79.1 Å². The minimum Gasteiger partial charge on any atom is -0.480 e. The van der Waals surface area contributed by atoms with Crippen molar-refractivity contribution < 1.29 is 15.4 Å². The number of carboxylic acid groups (broad SMARTS) is 1. The summed E-state index contributed by atoms with van der Waals surface area (Å²) in [6.45, 7) is 0. The third-order valence-corrected chi connectivity index (χ3v) is 2.16. The maximum atomic E-state index is 10.7. The number of nitrogens with one attached hydrogen (secondary N) is 1. The first-order valence-corrected chi connectivity index (χ1v) is 4.39. The minimum atomic E-state index is -1.16. The van der Waals surface area contributed by atoms with Crippen molar-refractivity contribution in [2.75, 3.05) is 0 Å². The van der Waals surface area contributed by atoms with Crippen LogP contribution in [0.2, 0.25) is 0 Å². The van der Waals surface area contributed by atoms with Crippen LogP contribution in [0.3, 0.4) is 0 Å². The number of fused-ring (bicyclic) bond motifs is 1. The molecule has 1 atom stereocenters. The normalized spacial score (nSPS) is 16.6. The SMILES string of the molecule is [2H]c1c([2H])c([2H])c2c(CC(N)C(=O)O)c[nH]c2c1[2H]. The molecule has 4 nitrogen and oxygen atoms in total. The van der Waals surface area contributed by atoms with Gasteiger partial charge in [-0.05, 0) is 11.6 Å². The molecule has 0 amide bonds. The Hall–Kier alpha value is -1.81. The highest BCUT2D eigenvalue weighted by atomic mass is 16.4. The van der Waals surface area contributed by atoms with Crippen molar-refractivity contribution in [3.8, 4) is 0 Å². The summed E-state index contributed by atoms with van der Waals surface area (Å²) in [5.74, 6) is -1.16. The van der Waals surface area contributed by atoms with Crippen molar-refractivity contribution in [3.05, 3.63) is 35.9 Å². The summed E-state index contributed by atoms with van der Waals surface area (Å²) < 4.78 is 30.7. The van der Waals surface area contributed by atoms with Gasteiger partial charge in [-0.1, -0.05) is 18.1 Å². The van der Waals surface area contributed by atoms with Crippen LogP contribution < -0.4 is 5.73 Å². The van der Waals surface area contributed by atoms with Crippen molar-refractivity contribution in [3.63, 3.8) is 0 Å². The second-order valence-electron chi connectivity index (χ2n) is 3.21. The predicted octanol–water partition coefficient (Wildman–Crippen LogP) is 1.12. The van der Waals surface area contributed by atoms with E-state index in [9.17, 15) is 4.79 Å². The number of rotatable bonds is 3. The maximum absolute atomic E-state index is 10.7. The first-order valence-electron chi connectivity index (χ1n) is 6.39. The van der Waals surface area contributed by atoms with Crippen LogP contribution in [0.25, 0.3) is 10.9 Å². The molecular weight excluding hydrogens is 192 g/mol. The van der Waals surface area contributed by atoms with Gasteiger partial charge >= 0.3 is 5.97 Å². The average Bonchev–Trinajstić information content (AvgIpc) is 2.77. The van der Waals surface area contributed by atoms with Crippen LogP contribution in [-0.4, -0.2) is 22.1 Å². The van der Waals surface area contributed by atoms with E-state index in [2.05, 4.69) is 4.98 Å². The van der Waals surface area contributed by atoms with Crippen molar-refractivity contribution in [1.29, 1.82) is 0 Å². The van der Waals surface area contributed by atoms with Crippen LogP contribution in [0.1, 0.15) is 11.0 Å². The standard InChI is InChI=1S/C11H12N2O2/c12-9(11(14)15)5-7-6-13-10-4-2-1-3-8(7)10/h1-4,6,9,13H,5,12H2,(H,14,15)/i1D,2D,3D,4D. The number of carbonyl (C=O) groups is 1. The number of hydrogen-bond acceptors (Lipinski definition) is 2. The Labute approximate surface area is 92.3 Å². The third-order valence-electron chi connectivity index (χ3n) is 2.16. The highest BCUT2D eigenvalue weighted by Gasteiger charge is 2.14. The Balaban J connectivity index is 2.63. The largest absolute Gasteiger partial charge is 0.480 e. The van der Waals surface area contributed by atoms with E-state index in [4.69, 9.17) is 16.3 Å². The average molecular weight is 208 g/mol. The lowest BCUT2D eigenvalue weighted by atomic mass is 10.1. The molecule has 2 rings (SSSR count). The summed E-state index contributed by atoms with van der Waals surface area (Å²) in [5.41, 5.74) is 6.18. The highest BCUT2D eigenvalue weighted by Crippen LogP contribution is 2.18. The summed E-state index contributed by atoms with van der Waals surface area (Å²) in [6, 6.07) is -2.15. The van der Waals surface area contributed by atoms with Crippen LogP contribution in [-0.2, 0) is 11.2 Å². The number of hydrogen-bond donors (Lipinski definition) is 3. The molecule has 0 fully saturated rings. The summed E-state index contributed by atoms with van der Waals surface area (Å²) in [6.07, 6.45) is 1.47. The predicted molar refractivity (Wildman–Crippen MR) is 57.6 cm³/mol. The van der Waals surface area contributed by atoms with Gasteiger partial charge in [0.25, 0.3) is 0 Å². The van der Waals surface area contributed by atoms with Gasteiger partial charge < -0.3 is 15.8 Å². The molecule has 2 aromatic rings. The molecule has 1 aromatic carbocycles. The second-order valence-corrected chi connectivity index (χ2v) is 3.21. The van der Waals surface area contributed by atoms with E-state index >= 15 is 0 Å². The molecule has 1 aromatic heterocycles. The van der Waals surface area contributed by atoms with Gasteiger partial charge in [0.05, 0.1) is 5.48 Å². The molecular formula is C11H12N2O2. The van der Waals surface area contributed by atoms with Crippen LogP contribution in [0.5, 0.6) is 0 Å². The van der Waals surface area contributed by atoms with E-state index in [-0.39, 0.29) is 36.1 Å². The summed E-state index contributed by atoms with van der Waals surface area (Å²) in [7, 11) is 0. The van der Waals surface area contributed by atoms with E-state index in [0.717, 1.165) is 0 Å². The van der Waals surface area contributed by atoms with Crippen LogP contribution in [0, 0.1) is 0 Å². The van der Waals surface area contributed by atoms with Crippen molar-refractivity contribution in [2.45, 2.75) is 12.5 Å². The van der Waals surface area contributed by atoms with Gasteiger partial charge in [0.2, 0.25) is 0 Å². The summed E-state index contributed by atoms with van der Waals surface area (Å²) >= 11 is 0. The Morgan fingerprint density at radius 2 is 2.33 bits per heavy atom. The van der Waals surface area contributed by atoms with E-state index in [1.807, 2.05) is 0 Å². The molecule has 0 radical (unpaired) electrons. The van der Waals surface area contributed by atoms with Gasteiger partial charge in [-0.25, -0.2) is 0 Å². The smallest absolute Gasteiger partial charge is 0.320 e. The van der Waals surface area contributed by atoms with Gasteiger partial charge in [-0.15, -0.1) is 0 Å². The second kappa shape index (κ2) is 3.74. The first kappa shape index (κ1) is 5.92. The van der Waals surface area contributed by atoms with Gasteiger partial charge in [0.15, 0.2) is 0 Å². The Morgan fingerprint density at radius 3 is 3.07 bits per heavy atom.